The average molecular weight is 401 g/mol. The standard InChI is InChI=1S/C21H23NO7/c1-25-16-8-6-15(7-9-16)22-19(23)13-29-20(24)10-5-14-11-17(26-2)21(28-4)18(12-14)27-3/h5-12H,13H2,1-4H3,(H,22,23). The van der Waals surface area contributed by atoms with E-state index < -0.39 is 18.5 Å². The van der Waals surface area contributed by atoms with Crippen LogP contribution in [-0.4, -0.2) is 46.9 Å². The van der Waals surface area contributed by atoms with Crippen molar-refractivity contribution in [3.8, 4) is 23.0 Å². The normalized spacial score (nSPS) is 10.3. The molecule has 0 radical (unpaired) electrons. The minimum atomic E-state index is -0.663. The van der Waals surface area contributed by atoms with Crippen molar-refractivity contribution in [2.24, 2.45) is 0 Å². The third-order valence-electron chi connectivity index (χ3n) is 3.82. The molecular weight excluding hydrogens is 378 g/mol. The summed E-state index contributed by atoms with van der Waals surface area (Å²) in [5.41, 5.74) is 1.21. The summed E-state index contributed by atoms with van der Waals surface area (Å²) in [6.45, 7) is -0.412. The Bertz CT molecular complexity index is 850. The van der Waals surface area contributed by atoms with E-state index in [2.05, 4.69) is 5.32 Å². The zero-order valence-corrected chi connectivity index (χ0v) is 16.7. The second-order valence-electron chi connectivity index (χ2n) is 5.68. The van der Waals surface area contributed by atoms with E-state index in [1.165, 1.54) is 33.5 Å². The van der Waals surface area contributed by atoms with Crippen LogP contribution in [0.5, 0.6) is 23.0 Å². The van der Waals surface area contributed by atoms with Crippen molar-refractivity contribution >= 4 is 23.6 Å². The fourth-order valence-electron chi connectivity index (χ4n) is 2.42. The van der Waals surface area contributed by atoms with E-state index in [4.69, 9.17) is 23.7 Å². The van der Waals surface area contributed by atoms with Crippen LogP contribution in [0.4, 0.5) is 5.69 Å². The third-order valence-corrected chi connectivity index (χ3v) is 3.82. The van der Waals surface area contributed by atoms with E-state index >= 15 is 0 Å². The van der Waals surface area contributed by atoms with Gasteiger partial charge in [0.25, 0.3) is 5.91 Å². The summed E-state index contributed by atoms with van der Waals surface area (Å²) in [6.07, 6.45) is 2.73. The van der Waals surface area contributed by atoms with Crippen LogP contribution in [0.3, 0.4) is 0 Å². The molecule has 154 valence electrons. The Labute approximate surface area is 169 Å². The van der Waals surface area contributed by atoms with Crippen LogP contribution in [0.2, 0.25) is 0 Å². The van der Waals surface area contributed by atoms with Gasteiger partial charge in [-0.1, -0.05) is 0 Å². The highest BCUT2D eigenvalue weighted by Crippen LogP contribution is 2.38. The number of methoxy groups -OCH3 is 4. The number of hydrogen-bond acceptors (Lipinski definition) is 7. The molecular formula is C21H23NO7. The van der Waals surface area contributed by atoms with Gasteiger partial charge < -0.3 is 29.0 Å². The number of carbonyl (C=O) groups excluding carboxylic acids is 2. The monoisotopic (exact) mass is 401 g/mol. The number of rotatable bonds is 9. The first-order valence-corrected chi connectivity index (χ1v) is 8.59. The number of benzene rings is 2. The summed E-state index contributed by atoms with van der Waals surface area (Å²) < 4.78 is 25.8. The lowest BCUT2D eigenvalue weighted by Gasteiger charge is -2.12. The summed E-state index contributed by atoms with van der Waals surface area (Å²) in [4.78, 5) is 23.8. The predicted octanol–water partition coefficient (Wildman–Crippen LogP) is 2.92. The number of hydrogen-bond donors (Lipinski definition) is 1. The van der Waals surface area contributed by atoms with Gasteiger partial charge in [0.1, 0.15) is 5.75 Å². The van der Waals surface area contributed by atoms with Crippen molar-refractivity contribution in [1.29, 1.82) is 0 Å². The highest BCUT2D eigenvalue weighted by Gasteiger charge is 2.12. The van der Waals surface area contributed by atoms with E-state index in [1.54, 1.807) is 43.5 Å². The Balaban J connectivity index is 1.92. The molecule has 0 atom stereocenters. The zero-order valence-electron chi connectivity index (χ0n) is 16.7. The first-order chi connectivity index (χ1) is 14.0. The van der Waals surface area contributed by atoms with Crippen molar-refractivity contribution < 1.29 is 33.3 Å². The molecule has 8 heteroatoms. The van der Waals surface area contributed by atoms with Crippen LogP contribution in [0.15, 0.2) is 42.5 Å². The molecule has 0 aliphatic heterocycles. The molecule has 2 aromatic carbocycles. The third kappa shape index (κ3) is 6.17. The zero-order chi connectivity index (χ0) is 21.2. The molecule has 1 amide bonds. The Hall–Kier alpha value is -3.68. The molecule has 29 heavy (non-hydrogen) atoms. The maximum atomic E-state index is 11.9. The SMILES string of the molecule is COc1ccc(NC(=O)COC(=O)C=Cc2cc(OC)c(OC)c(OC)c2)cc1. The summed E-state index contributed by atoms with van der Waals surface area (Å²) in [7, 11) is 6.06. The van der Waals surface area contributed by atoms with Gasteiger partial charge in [-0.25, -0.2) is 4.79 Å². The first kappa shape index (κ1) is 21.6. The Kier molecular flexibility index (Phi) is 7.90. The maximum absolute atomic E-state index is 11.9. The fraction of sp³-hybridized carbons (Fsp3) is 0.238. The summed E-state index contributed by atoms with van der Waals surface area (Å²) in [6, 6.07) is 10.2. The highest BCUT2D eigenvalue weighted by atomic mass is 16.5. The van der Waals surface area contributed by atoms with Gasteiger partial charge >= 0.3 is 5.97 Å². The number of anilines is 1. The molecule has 0 unspecified atom stereocenters. The Morgan fingerprint density at radius 2 is 1.52 bits per heavy atom. The molecule has 0 spiro atoms. The summed E-state index contributed by atoms with van der Waals surface area (Å²) in [5.74, 6) is 0.919. The van der Waals surface area contributed by atoms with E-state index in [-0.39, 0.29) is 0 Å². The number of amides is 1. The van der Waals surface area contributed by atoms with Gasteiger partial charge in [0.15, 0.2) is 18.1 Å². The van der Waals surface area contributed by atoms with Crippen LogP contribution in [-0.2, 0) is 14.3 Å². The van der Waals surface area contributed by atoms with Crippen molar-refractivity contribution in [2.75, 3.05) is 40.4 Å². The first-order valence-electron chi connectivity index (χ1n) is 8.59. The molecule has 2 aromatic rings. The van der Waals surface area contributed by atoms with Crippen molar-refractivity contribution in [1.82, 2.24) is 0 Å². The quantitative estimate of drug-likeness (QED) is 0.510. The van der Waals surface area contributed by atoms with Gasteiger partial charge in [0, 0.05) is 11.8 Å². The maximum Gasteiger partial charge on any atom is 0.331 e. The molecule has 0 bridgehead atoms. The van der Waals surface area contributed by atoms with Gasteiger partial charge in [-0.3, -0.25) is 4.79 Å². The smallest absolute Gasteiger partial charge is 0.331 e. The number of ether oxygens (including phenoxy) is 5. The number of nitrogens with one attached hydrogen (secondary N) is 1. The van der Waals surface area contributed by atoms with Gasteiger partial charge in [-0.15, -0.1) is 0 Å². The predicted molar refractivity (Wildman–Crippen MR) is 108 cm³/mol. The molecule has 0 aromatic heterocycles. The van der Waals surface area contributed by atoms with Crippen LogP contribution in [0.1, 0.15) is 5.56 Å². The molecule has 8 nitrogen and oxygen atoms in total. The molecule has 0 aliphatic carbocycles. The van der Waals surface area contributed by atoms with E-state index in [0.717, 1.165) is 0 Å². The summed E-state index contributed by atoms with van der Waals surface area (Å²) in [5, 5.41) is 2.62. The Morgan fingerprint density at radius 1 is 0.897 bits per heavy atom. The lowest BCUT2D eigenvalue weighted by molar-refractivity contribution is -0.142. The van der Waals surface area contributed by atoms with Gasteiger partial charge in [-0.05, 0) is 48.0 Å². The topological polar surface area (TPSA) is 92.3 Å². The van der Waals surface area contributed by atoms with Gasteiger partial charge in [0.05, 0.1) is 28.4 Å². The van der Waals surface area contributed by atoms with Gasteiger partial charge in [-0.2, -0.15) is 0 Å². The van der Waals surface area contributed by atoms with E-state index in [1.807, 2.05) is 0 Å². The molecule has 1 N–H and O–H groups in total. The van der Waals surface area contributed by atoms with Crippen LogP contribution in [0, 0.1) is 0 Å². The minimum Gasteiger partial charge on any atom is -0.497 e. The molecule has 0 fully saturated rings. The molecule has 2 rings (SSSR count). The fourth-order valence-corrected chi connectivity index (χ4v) is 2.42. The van der Waals surface area contributed by atoms with Gasteiger partial charge in [0.2, 0.25) is 5.75 Å². The van der Waals surface area contributed by atoms with Crippen LogP contribution >= 0.6 is 0 Å². The average Bonchev–Trinajstić information content (AvgIpc) is 2.75. The highest BCUT2D eigenvalue weighted by molar-refractivity contribution is 5.94. The lowest BCUT2D eigenvalue weighted by Crippen LogP contribution is -2.20. The summed E-state index contributed by atoms with van der Waals surface area (Å²) >= 11 is 0. The molecule has 0 saturated carbocycles. The second kappa shape index (κ2) is 10.6. The Morgan fingerprint density at radius 3 is 2.03 bits per heavy atom. The molecule has 0 saturated heterocycles. The molecule has 0 aliphatic rings. The van der Waals surface area contributed by atoms with E-state index in [9.17, 15) is 9.59 Å². The molecule has 0 heterocycles. The largest absolute Gasteiger partial charge is 0.497 e. The number of esters is 1. The van der Waals surface area contributed by atoms with Crippen LogP contribution in [0.25, 0.3) is 6.08 Å². The van der Waals surface area contributed by atoms with Crippen molar-refractivity contribution in [3.05, 3.63) is 48.0 Å². The van der Waals surface area contributed by atoms with Crippen molar-refractivity contribution in [2.45, 2.75) is 0 Å². The van der Waals surface area contributed by atoms with Crippen LogP contribution < -0.4 is 24.3 Å². The lowest BCUT2D eigenvalue weighted by atomic mass is 10.1. The van der Waals surface area contributed by atoms with Crippen molar-refractivity contribution in [3.63, 3.8) is 0 Å². The second-order valence-corrected chi connectivity index (χ2v) is 5.68. The van der Waals surface area contributed by atoms with E-state index in [0.29, 0.717) is 34.2 Å². The minimum absolute atomic E-state index is 0.412. The number of carbonyl (C=O) groups is 2.